The van der Waals surface area contributed by atoms with Crippen molar-refractivity contribution in [3.8, 4) is 5.75 Å². The maximum atomic E-state index is 15.7. The van der Waals surface area contributed by atoms with Crippen LogP contribution in [0.3, 0.4) is 0 Å². The molecule has 4 aliphatic heterocycles. The van der Waals surface area contributed by atoms with E-state index in [2.05, 4.69) is 87.6 Å². The van der Waals surface area contributed by atoms with Crippen LogP contribution < -0.4 is 57.9 Å². The normalized spacial score (nSPS) is 24.9. The quantitative estimate of drug-likeness (QED) is 0.0155. The number of rotatable bonds is 26. The second kappa shape index (κ2) is 31.4. The van der Waals surface area contributed by atoms with E-state index in [1.54, 1.807) is 43.5 Å². The van der Waals surface area contributed by atoms with Gasteiger partial charge < -0.3 is 81.3 Å². The number of ether oxygens (including phenoxy) is 2. The number of carboxylic acid groups (broad SMARTS) is 2. The van der Waals surface area contributed by atoms with Gasteiger partial charge in [0.2, 0.25) is 28.5 Å². The summed E-state index contributed by atoms with van der Waals surface area (Å²) in [6.45, 7) is 14.2. The highest BCUT2D eigenvalue weighted by atomic mass is 28.4. The number of benzene rings is 5. The molecule has 8 aromatic rings. The number of nitrogens with two attached hydrogens (primary N) is 1. The van der Waals surface area contributed by atoms with Crippen LogP contribution in [-0.2, 0) is 51.8 Å². The third kappa shape index (κ3) is 14.7. The average Bonchev–Trinajstić information content (AvgIpc) is 1.39. The lowest BCUT2D eigenvalue weighted by molar-refractivity contribution is -0.196. The zero-order chi connectivity index (χ0) is 80.0. The number of esters is 1. The number of likely N-dealkylation sites (N-methyl/N-ethyl adjacent to an activating group) is 1. The molecule has 1 saturated heterocycles. The van der Waals surface area contributed by atoms with E-state index in [0.29, 0.717) is 110 Å². The monoisotopic (exact) mass is 1560 g/mol. The molecule has 11 atom stereocenters. The maximum Gasteiger partial charge on any atom is 0.326 e. The van der Waals surface area contributed by atoms with Gasteiger partial charge in [0.05, 0.1) is 56.9 Å². The first kappa shape index (κ1) is 79.9. The van der Waals surface area contributed by atoms with E-state index in [1.165, 1.54) is 25.4 Å². The molecule has 3 aromatic heterocycles. The first-order valence-electron chi connectivity index (χ1n) is 38.4. The Balaban J connectivity index is 0.709. The van der Waals surface area contributed by atoms with Crippen LogP contribution in [-0.4, -0.2) is 197 Å². The summed E-state index contributed by atoms with van der Waals surface area (Å²) in [6, 6.07) is 30.5. The summed E-state index contributed by atoms with van der Waals surface area (Å²) in [5.74, 6) is -4.31. The van der Waals surface area contributed by atoms with Crippen molar-refractivity contribution in [3.63, 3.8) is 0 Å². The smallest absolute Gasteiger partial charge is 0.326 e. The Labute approximate surface area is 651 Å². The molecule has 5 aromatic carbocycles. The fraction of sp³-hybridized carbons (Fsp3) is 0.439. The summed E-state index contributed by atoms with van der Waals surface area (Å²) in [5, 5.41) is 77.2. The van der Waals surface area contributed by atoms with Gasteiger partial charge in [-0.2, -0.15) is 4.98 Å². The van der Waals surface area contributed by atoms with Gasteiger partial charge in [0.15, 0.2) is 11.2 Å². The van der Waals surface area contributed by atoms with Gasteiger partial charge in [0, 0.05) is 106 Å². The number of hydrogen-bond acceptors (Lipinski definition) is 21. The summed E-state index contributed by atoms with van der Waals surface area (Å²) in [5.41, 5.74) is 5.33. The van der Waals surface area contributed by atoms with Gasteiger partial charge in [-0.1, -0.05) is 75.4 Å². The largest absolute Gasteiger partial charge is 0.496 e. The number of nitrogens with zero attached hydrogens (tertiary/aromatic N) is 5. The standard InChI is InChI=1S/C82H101N13O15Si2/c1-10-78(106)42-48(3)43-81(76(105)109-6,67-57(33-36-84-46-78)56-16-12-13-17-60(56)90-67)59-40-58-62(41-63(59)108-5)94(4)74-80(58)35-38-95-37-15-34-79(11-2,73(80)95)75(104)82(74,107)47-87-69(99)49-21-27-54(28-22-49)111(7,8)110-112(9,39-14-18-65(97)98)55-29-25-52(26-30-55)88-64(96)32-31-61(72(102)103)91-70(100)50-19-23-51(24-20-50)85-44-53-45-86-68-66(89-53)71(101)93-77(83)92-68/h12-13,15-17,19-30,34,40-41,45,48,61,73-75,84-85,90,104,106-107H,10-11,14,18,31-33,35-39,42-44,46-47H2,1-9H3,(H,87,99)(H,88,96)(H,91,100)(H,97,98)(H,102,103)(H3,83,86,92,93,101)/t48-,61+,73-,74-,75-,78+,79-,80-,81+,82+,112?/m1/s1. The SMILES string of the molecule is CC[C@@]1(O)CNCCc2c([nH]c3ccccc23)[C@@](C(=O)OC)(c2cc3c(cc2OC)N(C)[C@H]2[C@@](O)(CNC(=O)c4ccc([Si](C)(C)O[Si](C)(CCCC(=O)O)c5ccc(NC(=O)CC[C@H](NC(=O)c6ccc(NCc7cnc8nc(N)[nH]c(=O)c8n7)cc6)C(=O)O)cc5)cc4)[C@H](O)[C@]4(CC)C=CCN5CC[C@]32[C@H]54)C[C@H](C)C1. The zero-order valence-corrected chi connectivity index (χ0v) is 66.7. The molecule has 1 saturated carbocycles. The second-order valence-corrected chi connectivity index (χ2v) is 39.7. The number of aliphatic hydroxyl groups excluding tert-OH is 1. The van der Waals surface area contributed by atoms with Crippen molar-refractivity contribution in [3.05, 3.63) is 177 Å². The molecular weight excluding hydrogens is 1460 g/mol. The van der Waals surface area contributed by atoms with Crippen molar-refractivity contribution >= 4 is 108 Å². The van der Waals surface area contributed by atoms with Gasteiger partial charge in [0.1, 0.15) is 22.8 Å². The molecule has 5 aliphatic rings. The number of aliphatic carboxylic acids is 2. The predicted molar refractivity (Wildman–Crippen MR) is 430 cm³/mol. The first-order chi connectivity index (χ1) is 53.4. The van der Waals surface area contributed by atoms with E-state index in [1.807, 2.05) is 94.0 Å². The molecule has 1 aliphatic carbocycles. The highest BCUT2D eigenvalue weighted by Crippen LogP contribution is 2.67. The molecule has 3 amide bonds. The Morgan fingerprint density at radius 1 is 0.830 bits per heavy atom. The van der Waals surface area contributed by atoms with Crippen molar-refractivity contribution in [2.24, 2.45) is 11.3 Å². The molecule has 28 nitrogen and oxygen atoms in total. The number of carbonyl (C=O) groups is 6. The number of para-hydroxylation sites is 1. The van der Waals surface area contributed by atoms with Gasteiger partial charge in [-0.25, -0.2) is 14.8 Å². The van der Waals surface area contributed by atoms with Crippen molar-refractivity contribution in [1.29, 1.82) is 0 Å². The van der Waals surface area contributed by atoms with Crippen LogP contribution >= 0.6 is 0 Å². The van der Waals surface area contributed by atoms with E-state index >= 15 is 4.79 Å². The molecule has 7 heterocycles. The van der Waals surface area contributed by atoms with Crippen LogP contribution in [0.4, 0.5) is 23.0 Å². The molecular formula is C82H101N13O15Si2. The lowest BCUT2D eigenvalue weighted by Gasteiger charge is -2.64. The van der Waals surface area contributed by atoms with Gasteiger partial charge in [-0.3, -0.25) is 38.7 Å². The average molecular weight is 1560 g/mol. The molecule has 1 unspecified atom stereocenters. The van der Waals surface area contributed by atoms with E-state index < -0.39 is 103 Å². The van der Waals surface area contributed by atoms with Crippen LogP contribution in [0, 0.1) is 11.3 Å². The molecule has 0 radical (unpaired) electrons. The number of methoxy groups -OCH3 is 2. The summed E-state index contributed by atoms with van der Waals surface area (Å²) < 4.78 is 19.9. The van der Waals surface area contributed by atoms with Crippen LogP contribution in [0.15, 0.2) is 132 Å². The summed E-state index contributed by atoms with van der Waals surface area (Å²) in [7, 11) is -1.03. The van der Waals surface area contributed by atoms with Gasteiger partial charge in [-0.15, -0.1) is 0 Å². The van der Waals surface area contributed by atoms with Gasteiger partial charge in [-0.05, 0) is 178 Å². The minimum absolute atomic E-state index is 0.0250. The Morgan fingerprint density at radius 2 is 1.54 bits per heavy atom. The highest BCUT2D eigenvalue weighted by Gasteiger charge is 2.77. The summed E-state index contributed by atoms with van der Waals surface area (Å²) in [6.07, 6.45) is 6.66. The molecule has 592 valence electrons. The molecule has 30 heteroatoms. The highest BCUT2D eigenvalue weighted by molar-refractivity contribution is 6.97. The lowest BCUT2D eigenvalue weighted by atomic mass is 9.47. The Morgan fingerprint density at radius 3 is 2.23 bits per heavy atom. The van der Waals surface area contributed by atoms with E-state index in [9.17, 15) is 54.3 Å². The topological polar surface area (TPSA) is 411 Å². The van der Waals surface area contributed by atoms with Crippen LogP contribution in [0.1, 0.15) is 127 Å². The maximum absolute atomic E-state index is 15.7. The first-order valence-corrected chi connectivity index (χ1v) is 43.9. The molecule has 2 fully saturated rings. The Kier molecular flexibility index (Phi) is 22.4. The number of fused-ring (bicyclic) bond motifs is 5. The number of amides is 3. The third-order valence-corrected chi connectivity index (χ3v) is 32.8. The molecule has 0 bridgehead atoms. The minimum atomic E-state index is -3.04. The number of nitrogen functional groups attached to an aromatic ring is 1. The third-order valence-electron chi connectivity index (χ3n) is 24.4. The number of aliphatic hydroxyl groups is 3. The van der Waals surface area contributed by atoms with Gasteiger partial charge in [0.25, 0.3) is 17.4 Å². The molecule has 112 heavy (non-hydrogen) atoms. The predicted octanol–water partition coefficient (Wildman–Crippen LogP) is 6.57. The van der Waals surface area contributed by atoms with Crippen LogP contribution in [0.25, 0.3) is 22.1 Å². The number of nitrogens with one attached hydrogen (secondary N) is 7. The van der Waals surface area contributed by atoms with Crippen molar-refractivity contribution in [2.75, 3.05) is 75.3 Å². The number of hydrogen-bond donors (Lipinski definition) is 13. The van der Waals surface area contributed by atoms with E-state index in [-0.39, 0.29) is 73.4 Å². The fourth-order valence-corrected chi connectivity index (χ4v) is 28.0. The van der Waals surface area contributed by atoms with Gasteiger partial charge >= 0.3 is 17.9 Å². The van der Waals surface area contributed by atoms with Crippen molar-refractivity contribution < 1.29 is 67.9 Å². The second-order valence-electron chi connectivity index (χ2n) is 31.8. The summed E-state index contributed by atoms with van der Waals surface area (Å²) >= 11 is 0. The number of aromatic amines is 2. The molecule has 13 rings (SSSR count). The zero-order valence-electron chi connectivity index (χ0n) is 64.7. The number of H-pyrrole nitrogens is 2. The Hall–Kier alpha value is -10.2. The number of anilines is 4. The minimum Gasteiger partial charge on any atom is -0.496 e. The fourth-order valence-electron chi connectivity index (χ4n) is 19.2. The number of carboxylic acids is 2. The van der Waals surface area contributed by atoms with Crippen molar-refractivity contribution in [2.45, 2.75) is 163 Å². The molecule has 1 spiro atoms. The summed E-state index contributed by atoms with van der Waals surface area (Å²) in [4.78, 5) is 117. The van der Waals surface area contributed by atoms with E-state index in [4.69, 9.17) is 19.3 Å². The number of carbonyl (C=O) groups excluding carboxylic acids is 4. The van der Waals surface area contributed by atoms with Crippen molar-refractivity contribution in [1.82, 2.24) is 45.8 Å². The van der Waals surface area contributed by atoms with Crippen LogP contribution in [0.2, 0.25) is 25.7 Å². The Bertz CT molecular complexity index is 5030. The van der Waals surface area contributed by atoms with E-state index in [0.717, 1.165) is 38.1 Å². The van der Waals surface area contributed by atoms with Crippen LogP contribution in [0.5, 0.6) is 5.75 Å². The molecule has 14 N–H and O–H groups in total. The number of aromatic nitrogens is 5. The number of β-amino-alcohol motifs (C(OH)–C–C–N with tert-alkyl or cyclic N) is 1. The lowest BCUT2D eigenvalue weighted by Crippen LogP contribution is -2.80.